The van der Waals surface area contributed by atoms with E-state index in [1.807, 2.05) is 76.2 Å². The highest BCUT2D eigenvalue weighted by Crippen LogP contribution is 2.29. The van der Waals surface area contributed by atoms with Gasteiger partial charge < -0.3 is 5.32 Å². The van der Waals surface area contributed by atoms with E-state index >= 15 is 0 Å². The van der Waals surface area contributed by atoms with Crippen molar-refractivity contribution in [1.29, 1.82) is 0 Å². The van der Waals surface area contributed by atoms with Crippen molar-refractivity contribution in [3.63, 3.8) is 0 Å². The lowest BCUT2D eigenvalue weighted by atomic mass is 9.99. The first-order valence-corrected chi connectivity index (χ1v) is 10.3. The minimum Gasteiger partial charge on any atom is -0.322 e. The highest BCUT2D eigenvalue weighted by Gasteiger charge is 2.16. The second-order valence-corrected chi connectivity index (χ2v) is 8.31. The van der Waals surface area contributed by atoms with E-state index in [4.69, 9.17) is 16.6 Å². The number of benzene rings is 3. The van der Waals surface area contributed by atoms with Crippen molar-refractivity contribution in [2.75, 3.05) is 5.32 Å². The maximum absolute atomic E-state index is 13.4. The Balaban J connectivity index is 1.87. The smallest absolute Gasteiger partial charge is 0.256 e. The molecule has 3 aromatic carbocycles. The number of carbonyl (C=O) groups excluding carboxylic acids is 1. The average Bonchev–Trinajstić information content (AvgIpc) is 2.67. The predicted octanol–water partition coefficient (Wildman–Crippen LogP) is 7.04. The van der Waals surface area contributed by atoms with Gasteiger partial charge in [-0.25, -0.2) is 4.98 Å². The molecule has 0 aliphatic carbocycles. The van der Waals surface area contributed by atoms with Crippen LogP contribution in [0, 0.1) is 27.7 Å². The Morgan fingerprint density at radius 3 is 2.13 bits per heavy atom. The summed E-state index contributed by atoms with van der Waals surface area (Å²) in [5.74, 6) is -0.146. The maximum atomic E-state index is 13.4. The van der Waals surface area contributed by atoms with Crippen LogP contribution in [0.15, 0.2) is 60.7 Å². The summed E-state index contributed by atoms with van der Waals surface area (Å²) in [6, 6.07) is 19.5. The molecule has 3 nitrogen and oxygen atoms in total. The van der Waals surface area contributed by atoms with E-state index in [1.54, 1.807) is 0 Å². The first-order chi connectivity index (χ1) is 14.3. The van der Waals surface area contributed by atoms with Gasteiger partial charge in [-0.3, -0.25) is 4.79 Å². The molecular weight excluding hydrogens is 392 g/mol. The van der Waals surface area contributed by atoms with E-state index < -0.39 is 0 Å². The second kappa shape index (κ2) is 7.92. The lowest BCUT2D eigenvalue weighted by molar-refractivity contribution is 0.102. The fourth-order valence-corrected chi connectivity index (χ4v) is 4.01. The molecule has 1 aromatic heterocycles. The normalized spacial score (nSPS) is 11.0. The third-order valence-corrected chi connectivity index (χ3v) is 5.36. The van der Waals surface area contributed by atoms with Crippen molar-refractivity contribution < 1.29 is 4.79 Å². The molecule has 0 atom stereocenters. The van der Waals surface area contributed by atoms with Gasteiger partial charge in [-0.1, -0.05) is 41.4 Å². The molecule has 4 rings (SSSR count). The number of anilines is 1. The Morgan fingerprint density at radius 2 is 1.47 bits per heavy atom. The molecule has 0 fully saturated rings. The summed E-state index contributed by atoms with van der Waals surface area (Å²) in [5, 5.41) is 4.59. The number of amides is 1. The molecule has 1 heterocycles. The monoisotopic (exact) mass is 414 g/mol. The van der Waals surface area contributed by atoms with Crippen molar-refractivity contribution in [2.45, 2.75) is 27.7 Å². The number of nitrogens with zero attached hydrogens (tertiary/aromatic N) is 1. The standard InChI is InChI=1S/C26H23ClN2O/c1-15-9-16(2)12-21(11-15)28-26(30)23-14-24(19-5-7-20(27)8-6-19)29-25-18(4)10-17(3)13-22(23)25/h5-14H,1-4H3,(H,28,30). The van der Waals surface area contributed by atoms with Crippen LogP contribution in [-0.2, 0) is 0 Å². The van der Waals surface area contributed by atoms with Gasteiger partial charge in [0, 0.05) is 21.7 Å². The van der Waals surface area contributed by atoms with E-state index in [0.29, 0.717) is 10.6 Å². The molecule has 0 radical (unpaired) electrons. The Kier molecular flexibility index (Phi) is 5.31. The Hall–Kier alpha value is -3.17. The van der Waals surface area contributed by atoms with Crippen LogP contribution in [0.4, 0.5) is 5.69 Å². The van der Waals surface area contributed by atoms with Crippen LogP contribution < -0.4 is 5.32 Å². The summed E-state index contributed by atoms with van der Waals surface area (Å²) >= 11 is 6.05. The van der Waals surface area contributed by atoms with Crippen LogP contribution in [0.25, 0.3) is 22.2 Å². The van der Waals surface area contributed by atoms with Crippen molar-refractivity contribution in [2.24, 2.45) is 0 Å². The lowest BCUT2D eigenvalue weighted by Gasteiger charge is -2.14. The summed E-state index contributed by atoms with van der Waals surface area (Å²) in [7, 11) is 0. The second-order valence-electron chi connectivity index (χ2n) is 7.87. The number of carbonyl (C=O) groups is 1. The van der Waals surface area contributed by atoms with Crippen molar-refractivity contribution in [3.05, 3.63) is 93.5 Å². The number of nitrogens with one attached hydrogen (secondary N) is 1. The average molecular weight is 415 g/mol. The summed E-state index contributed by atoms with van der Waals surface area (Å²) in [6.45, 7) is 8.11. The number of rotatable bonds is 3. The van der Waals surface area contributed by atoms with Crippen molar-refractivity contribution >= 4 is 34.1 Å². The third kappa shape index (κ3) is 4.07. The molecular formula is C26H23ClN2O. The first-order valence-electron chi connectivity index (χ1n) is 9.88. The fraction of sp³-hybridized carbons (Fsp3) is 0.154. The van der Waals surface area contributed by atoms with Gasteiger partial charge in [0.2, 0.25) is 0 Å². The number of hydrogen-bond acceptors (Lipinski definition) is 2. The van der Waals surface area contributed by atoms with Crippen LogP contribution in [0.5, 0.6) is 0 Å². The number of hydrogen-bond donors (Lipinski definition) is 1. The van der Waals surface area contributed by atoms with E-state index in [0.717, 1.165) is 50.1 Å². The molecule has 4 heteroatoms. The third-order valence-electron chi connectivity index (χ3n) is 5.11. The molecule has 150 valence electrons. The topological polar surface area (TPSA) is 42.0 Å². The highest BCUT2D eigenvalue weighted by molar-refractivity contribution is 6.30. The SMILES string of the molecule is Cc1cc(C)cc(NC(=O)c2cc(-c3ccc(Cl)cc3)nc3c(C)cc(C)cc23)c1. The van der Waals surface area contributed by atoms with Gasteiger partial charge in [0.1, 0.15) is 0 Å². The lowest BCUT2D eigenvalue weighted by Crippen LogP contribution is -2.13. The van der Waals surface area contributed by atoms with Gasteiger partial charge in [0.15, 0.2) is 0 Å². The number of aromatic nitrogens is 1. The van der Waals surface area contributed by atoms with Crippen LogP contribution >= 0.6 is 11.6 Å². The molecule has 0 bridgehead atoms. The van der Waals surface area contributed by atoms with E-state index in [2.05, 4.69) is 17.4 Å². The van der Waals surface area contributed by atoms with Crippen LogP contribution in [0.1, 0.15) is 32.6 Å². The van der Waals surface area contributed by atoms with Gasteiger partial charge in [-0.2, -0.15) is 0 Å². The first kappa shape index (κ1) is 20.1. The largest absolute Gasteiger partial charge is 0.322 e. The van der Waals surface area contributed by atoms with Crippen LogP contribution in [0.3, 0.4) is 0 Å². The van der Waals surface area contributed by atoms with Crippen LogP contribution in [-0.4, -0.2) is 10.9 Å². The quantitative estimate of drug-likeness (QED) is 0.390. The number of halogens is 1. The molecule has 4 aromatic rings. The zero-order valence-corrected chi connectivity index (χ0v) is 18.3. The van der Waals surface area contributed by atoms with E-state index in [-0.39, 0.29) is 5.91 Å². The summed E-state index contributed by atoms with van der Waals surface area (Å²) in [4.78, 5) is 18.2. The minimum atomic E-state index is -0.146. The summed E-state index contributed by atoms with van der Waals surface area (Å²) < 4.78 is 0. The number of aryl methyl sites for hydroxylation is 4. The van der Waals surface area contributed by atoms with Gasteiger partial charge >= 0.3 is 0 Å². The van der Waals surface area contributed by atoms with Crippen molar-refractivity contribution in [1.82, 2.24) is 4.98 Å². The fourth-order valence-electron chi connectivity index (χ4n) is 3.88. The molecule has 0 unspecified atom stereocenters. The van der Waals surface area contributed by atoms with Gasteiger partial charge in [0.05, 0.1) is 16.8 Å². The van der Waals surface area contributed by atoms with Crippen molar-refractivity contribution in [3.8, 4) is 11.3 Å². The zero-order chi connectivity index (χ0) is 21.4. The minimum absolute atomic E-state index is 0.146. The number of pyridine rings is 1. The summed E-state index contributed by atoms with van der Waals surface area (Å²) in [5.41, 5.74) is 8.26. The zero-order valence-electron chi connectivity index (χ0n) is 17.5. The molecule has 1 N–H and O–H groups in total. The molecule has 1 amide bonds. The molecule has 30 heavy (non-hydrogen) atoms. The molecule has 0 spiro atoms. The van der Waals surface area contributed by atoms with E-state index in [9.17, 15) is 4.79 Å². The van der Waals surface area contributed by atoms with E-state index in [1.165, 1.54) is 0 Å². The highest BCUT2D eigenvalue weighted by atomic mass is 35.5. The molecule has 0 saturated carbocycles. The molecule has 0 aliphatic rings. The Bertz CT molecular complexity index is 1260. The Labute approximate surface area is 181 Å². The molecule has 0 aliphatic heterocycles. The Morgan fingerprint density at radius 1 is 0.833 bits per heavy atom. The van der Waals surface area contributed by atoms with Gasteiger partial charge in [-0.05, 0) is 80.8 Å². The maximum Gasteiger partial charge on any atom is 0.256 e. The predicted molar refractivity (Wildman–Crippen MR) is 126 cm³/mol. The van der Waals surface area contributed by atoms with Gasteiger partial charge in [-0.15, -0.1) is 0 Å². The molecule has 0 saturated heterocycles. The van der Waals surface area contributed by atoms with Gasteiger partial charge in [0.25, 0.3) is 5.91 Å². The van der Waals surface area contributed by atoms with Crippen LogP contribution in [0.2, 0.25) is 5.02 Å². The number of fused-ring (bicyclic) bond motifs is 1. The summed E-state index contributed by atoms with van der Waals surface area (Å²) in [6.07, 6.45) is 0.